The number of para-hydroxylation sites is 2. The van der Waals surface area contributed by atoms with Crippen LogP contribution in [0.3, 0.4) is 0 Å². The molecule has 0 aliphatic carbocycles. The molecule has 7 aromatic rings. The number of hydrogen-bond acceptors (Lipinski definition) is 6. The van der Waals surface area contributed by atoms with Crippen molar-refractivity contribution in [1.29, 1.82) is 0 Å². The lowest BCUT2D eigenvalue weighted by Gasteiger charge is -2.05. The Balaban J connectivity index is 1.41. The Hall–Kier alpha value is -5.56. The van der Waals surface area contributed by atoms with E-state index in [4.69, 9.17) is 8.83 Å². The van der Waals surface area contributed by atoms with E-state index >= 15 is 0 Å². The van der Waals surface area contributed by atoms with Gasteiger partial charge in [0, 0.05) is 17.0 Å². The Labute approximate surface area is 220 Å². The predicted octanol–water partition coefficient (Wildman–Crippen LogP) is 6.34. The van der Waals surface area contributed by atoms with Gasteiger partial charge in [-0.15, -0.1) is 0 Å². The maximum Gasteiger partial charge on any atom is 0.347 e. The molecule has 7 nitrogen and oxygen atoms in total. The number of furan rings is 1. The molecule has 7 rings (SSSR count). The highest BCUT2D eigenvalue weighted by Gasteiger charge is 2.28. The lowest BCUT2D eigenvalue weighted by atomic mass is 10.00. The fraction of sp³-hybridized carbons (Fsp3) is 0. The third-order valence-corrected chi connectivity index (χ3v) is 6.73. The van der Waals surface area contributed by atoms with E-state index in [0.29, 0.717) is 22.2 Å². The van der Waals surface area contributed by atoms with Crippen molar-refractivity contribution in [2.75, 3.05) is 0 Å². The summed E-state index contributed by atoms with van der Waals surface area (Å²) in [4.78, 5) is 40.6. The molecule has 186 valence electrons. The number of ketones is 2. The molecular weight excluding hydrogens is 492 g/mol. The molecule has 39 heavy (non-hydrogen) atoms. The Morgan fingerprint density at radius 2 is 1.38 bits per heavy atom. The number of rotatable bonds is 5. The largest absolute Gasteiger partial charge is 0.453 e. The van der Waals surface area contributed by atoms with Crippen molar-refractivity contribution >= 4 is 44.3 Å². The van der Waals surface area contributed by atoms with E-state index in [1.165, 1.54) is 16.9 Å². The van der Waals surface area contributed by atoms with E-state index in [1.54, 1.807) is 30.3 Å². The SMILES string of the molecule is O=C(c1cc2ccccc2o1)c1nn(-c2ccccc2)cc1C(=O)c1cc2c(ccc3ccccc32)oc1=O. The van der Waals surface area contributed by atoms with Crippen LogP contribution in [0.1, 0.15) is 32.2 Å². The lowest BCUT2D eigenvalue weighted by Crippen LogP contribution is -2.17. The minimum absolute atomic E-state index is 0.0313. The summed E-state index contributed by atoms with van der Waals surface area (Å²) in [5, 5.41) is 7.62. The molecule has 0 spiro atoms. The molecule has 0 radical (unpaired) electrons. The maximum atomic E-state index is 13.9. The van der Waals surface area contributed by atoms with Gasteiger partial charge in [0.15, 0.2) is 5.76 Å². The van der Waals surface area contributed by atoms with Crippen molar-refractivity contribution in [1.82, 2.24) is 9.78 Å². The van der Waals surface area contributed by atoms with E-state index in [1.807, 2.05) is 66.7 Å². The molecule has 0 N–H and O–H groups in total. The van der Waals surface area contributed by atoms with E-state index in [0.717, 1.165) is 16.2 Å². The number of nitrogens with zero attached hydrogens (tertiary/aromatic N) is 2. The molecule has 0 saturated heterocycles. The minimum atomic E-state index is -0.794. The Bertz CT molecular complexity index is 2100. The second-order valence-corrected chi connectivity index (χ2v) is 9.12. The molecule has 3 aromatic heterocycles. The summed E-state index contributed by atoms with van der Waals surface area (Å²) in [6.07, 6.45) is 1.46. The zero-order valence-corrected chi connectivity index (χ0v) is 20.3. The Morgan fingerprint density at radius 3 is 2.21 bits per heavy atom. The Morgan fingerprint density at radius 1 is 0.641 bits per heavy atom. The summed E-state index contributed by atoms with van der Waals surface area (Å²) >= 11 is 0. The summed E-state index contributed by atoms with van der Waals surface area (Å²) in [5.41, 5.74) is 0.415. The van der Waals surface area contributed by atoms with Crippen molar-refractivity contribution in [3.63, 3.8) is 0 Å². The number of fused-ring (bicyclic) bond motifs is 4. The summed E-state index contributed by atoms with van der Waals surface area (Å²) in [6, 6.07) is 30.7. The molecule has 0 bridgehead atoms. The van der Waals surface area contributed by atoms with Gasteiger partial charge in [-0.1, -0.05) is 66.7 Å². The van der Waals surface area contributed by atoms with Gasteiger partial charge in [0.1, 0.15) is 22.4 Å². The first-order valence-electron chi connectivity index (χ1n) is 12.3. The number of hydrogen-bond donors (Lipinski definition) is 0. The van der Waals surface area contributed by atoms with Gasteiger partial charge < -0.3 is 8.83 Å². The maximum absolute atomic E-state index is 13.9. The standard InChI is InChI=1S/C32H18N2O5/c35-30(24-17-23-22-12-6-4-8-19(22)14-15-27(23)39-32(24)37)25-18-34(21-10-2-1-3-11-21)33-29(25)31(36)28-16-20-9-5-7-13-26(20)38-28/h1-18H. The number of carbonyl (C=O) groups excluding carboxylic acids is 2. The first-order valence-corrected chi connectivity index (χ1v) is 12.3. The molecule has 0 atom stereocenters. The van der Waals surface area contributed by atoms with Crippen LogP contribution in [-0.4, -0.2) is 21.3 Å². The smallest absolute Gasteiger partial charge is 0.347 e. The van der Waals surface area contributed by atoms with Crippen LogP contribution in [0.2, 0.25) is 0 Å². The van der Waals surface area contributed by atoms with E-state index in [-0.39, 0.29) is 22.6 Å². The number of carbonyl (C=O) groups is 2. The monoisotopic (exact) mass is 510 g/mol. The van der Waals surface area contributed by atoms with Crippen molar-refractivity contribution in [3.8, 4) is 5.69 Å². The average Bonchev–Trinajstić information content (AvgIpc) is 3.62. The third kappa shape index (κ3) is 3.76. The highest BCUT2D eigenvalue weighted by atomic mass is 16.4. The van der Waals surface area contributed by atoms with E-state index in [2.05, 4.69) is 5.10 Å². The number of aromatic nitrogens is 2. The van der Waals surface area contributed by atoms with Crippen LogP contribution in [0.5, 0.6) is 0 Å². The van der Waals surface area contributed by atoms with Crippen molar-refractivity contribution in [2.45, 2.75) is 0 Å². The van der Waals surface area contributed by atoms with Gasteiger partial charge in [0.25, 0.3) is 0 Å². The van der Waals surface area contributed by atoms with Gasteiger partial charge in [-0.05, 0) is 47.2 Å². The van der Waals surface area contributed by atoms with Gasteiger partial charge >= 0.3 is 5.63 Å². The second kappa shape index (κ2) is 8.78. The third-order valence-electron chi connectivity index (χ3n) is 6.73. The molecule has 0 aliphatic rings. The van der Waals surface area contributed by atoms with Gasteiger partial charge in [-0.2, -0.15) is 5.10 Å². The van der Waals surface area contributed by atoms with E-state index in [9.17, 15) is 14.4 Å². The van der Waals surface area contributed by atoms with Crippen LogP contribution in [0.4, 0.5) is 0 Å². The first kappa shape index (κ1) is 22.6. The minimum Gasteiger partial charge on any atom is -0.453 e. The molecule has 0 saturated carbocycles. The molecule has 0 fully saturated rings. The zero-order chi connectivity index (χ0) is 26.5. The summed E-state index contributed by atoms with van der Waals surface area (Å²) in [5.74, 6) is -1.19. The highest BCUT2D eigenvalue weighted by molar-refractivity contribution is 6.19. The van der Waals surface area contributed by atoms with Crippen molar-refractivity contribution in [3.05, 3.63) is 142 Å². The van der Waals surface area contributed by atoms with Crippen LogP contribution in [0.25, 0.3) is 38.4 Å². The zero-order valence-electron chi connectivity index (χ0n) is 20.3. The predicted molar refractivity (Wildman–Crippen MR) is 147 cm³/mol. The molecule has 3 heterocycles. The molecule has 0 aliphatic heterocycles. The summed E-state index contributed by atoms with van der Waals surface area (Å²) in [7, 11) is 0. The van der Waals surface area contributed by atoms with Crippen LogP contribution in [-0.2, 0) is 0 Å². The van der Waals surface area contributed by atoms with Crippen molar-refractivity contribution in [2.24, 2.45) is 0 Å². The van der Waals surface area contributed by atoms with Crippen LogP contribution in [0, 0.1) is 0 Å². The first-order chi connectivity index (χ1) is 19.1. The second-order valence-electron chi connectivity index (χ2n) is 9.12. The highest BCUT2D eigenvalue weighted by Crippen LogP contribution is 2.27. The van der Waals surface area contributed by atoms with Crippen LogP contribution < -0.4 is 5.63 Å². The van der Waals surface area contributed by atoms with Crippen LogP contribution >= 0.6 is 0 Å². The Kier molecular flexibility index (Phi) is 5.09. The van der Waals surface area contributed by atoms with E-state index < -0.39 is 17.2 Å². The topological polar surface area (TPSA) is 95.3 Å². The van der Waals surface area contributed by atoms with Crippen molar-refractivity contribution < 1.29 is 18.4 Å². The molecular formula is C32H18N2O5. The van der Waals surface area contributed by atoms with Gasteiger partial charge in [-0.25, -0.2) is 9.48 Å². The van der Waals surface area contributed by atoms with Gasteiger partial charge in [-0.3, -0.25) is 9.59 Å². The fourth-order valence-electron chi connectivity index (χ4n) is 4.81. The summed E-state index contributed by atoms with van der Waals surface area (Å²) in [6.45, 7) is 0. The van der Waals surface area contributed by atoms with Gasteiger partial charge in [0.2, 0.25) is 11.6 Å². The average molecular weight is 511 g/mol. The molecule has 7 heteroatoms. The normalized spacial score (nSPS) is 11.4. The van der Waals surface area contributed by atoms with Crippen LogP contribution in [0.15, 0.2) is 123 Å². The molecule has 0 unspecified atom stereocenters. The lowest BCUT2D eigenvalue weighted by molar-refractivity contribution is 0.0985. The molecule has 0 amide bonds. The van der Waals surface area contributed by atoms with Gasteiger partial charge in [0.05, 0.1) is 11.3 Å². The number of benzene rings is 4. The quantitative estimate of drug-likeness (QED) is 0.152. The fourth-order valence-corrected chi connectivity index (χ4v) is 4.81. The summed E-state index contributed by atoms with van der Waals surface area (Å²) < 4.78 is 12.8. The molecule has 4 aromatic carbocycles.